The molecule has 2 heterocycles. The molecule has 0 fully saturated rings. The fraction of sp³-hybridized carbons (Fsp3) is 0.385. The highest BCUT2D eigenvalue weighted by Crippen LogP contribution is 2.20. The van der Waals surface area contributed by atoms with E-state index in [1.807, 2.05) is 25.4 Å². The van der Waals surface area contributed by atoms with E-state index < -0.39 is 0 Å². The van der Waals surface area contributed by atoms with Crippen molar-refractivity contribution in [3.05, 3.63) is 36.4 Å². The van der Waals surface area contributed by atoms with Crippen LogP contribution in [-0.4, -0.2) is 21.3 Å². The maximum Gasteiger partial charge on any atom is 0.165 e. The van der Waals surface area contributed by atoms with E-state index in [0.29, 0.717) is 0 Å². The van der Waals surface area contributed by atoms with E-state index in [0.717, 1.165) is 36.7 Å². The number of rotatable bonds is 6. The molecule has 0 radical (unpaired) electrons. The summed E-state index contributed by atoms with van der Waals surface area (Å²) in [7, 11) is 1.86. The van der Waals surface area contributed by atoms with Gasteiger partial charge in [0.05, 0.1) is 18.1 Å². The van der Waals surface area contributed by atoms with Crippen LogP contribution in [0.1, 0.15) is 19.0 Å². The first-order chi connectivity index (χ1) is 8.78. The summed E-state index contributed by atoms with van der Waals surface area (Å²) >= 11 is 0. The van der Waals surface area contributed by atoms with Crippen molar-refractivity contribution >= 4 is 0 Å². The van der Waals surface area contributed by atoms with E-state index in [1.165, 1.54) is 0 Å². The Morgan fingerprint density at radius 1 is 1.39 bits per heavy atom. The number of ether oxygens (including phenoxy) is 1. The quantitative estimate of drug-likeness (QED) is 0.793. The van der Waals surface area contributed by atoms with Crippen LogP contribution in [0.5, 0.6) is 11.5 Å². The summed E-state index contributed by atoms with van der Waals surface area (Å²) in [5.74, 6) is 1.52. The molecule has 0 unspecified atom stereocenters. The van der Waals surface area contributed by atoms with Gasteiger partial charge in [0, 0.05) is 25.9 Å². The van der Waals surface area contributed by atoms with E-state index in [4.69, 9.17) is 4.74 Å². The molecule has 0 saturated carbocycles. The first kappa shape index (κ1) is 12.6. The van der Waals surface area contributed by atoms with Crippen LogP contribution in [0, 0.1) is 0 Å². The van der Waals surface area contributed by atoms with Crippen molar-refractivity contribution in [1.29, 1.82) is 0 Å². The van der Waals surface area contributed by atoms with E-state index >= 15 is 0 Å². The molecule has 0 bridgehead atoms. The maximum atomic E-state index is 5.70. The number of hydrogen-bond donors (Lipinski definition) is 1. The summed E-state index contributed by atoms with van der Waals surface area (Å²) < 4.78 is 7.40. The molecule has 0 aliphatic rings. The average Bonchev–Trinajstić information content (AvgIpc) is 2.76. The van der Waals surface area contributed by atoms with Crippen LogP contribution in [0.4, 0.5) is 0 Å². The number of aryl methyl sites for hydroxylation is 1. The van der Waals surface area contributed by atoms with Crippen LogP contribution in [0.2, 0.25) is 0 Å². The lowest BCUT2D eigenvalue weighted by molar-refractivity contribution is 0.479. The summed E-state index contributed by atoms with van der Waals surface area (Å²) in [6.07, 6.45) is 6.39. The van der Waals surface area contributed by atoms with Gasteiger partial charge in [0.1, 0.15) is 5.75 Å². The molecule has 5 nitrogen and oxygen atoms in total. The Morgan fingerprint density at radius 2 is 2.28 bits per heavy atom. The number of pyridine rings is 1. The zero-order chi connectivity index (χ0) is 12.8. The van der Waals surface area contributed by atoms with Crippen molar-refractivity contribution in [2.24, 2.45) is 7.05 Å². The van der Waals surface area contributed by atoms with Gasteiger partial charge in [-0.15, -0.1) is 0 Å². The predicted molar refractivity (Wildman–Crippen MR) is 69.5 cm³/mol. The van der Waals surface area contributed by atoms with Crippen molar-refractivity contribution in [2.45, 2.75) is 19.9 Å². The van der Waals surface area contributed by atoms with Gasteiger partial charge in [0.2, 0.25) is 0 Å². The third kappa shape index (κ3) is 3.56. The molecule has 0 atom stereocenters. The van der Waals surface area contributed by atoms with Gasteiger partial charge < -0.3 is 10.1 Å². The van der Waals surface area contributed by atoms with Crippen LogP contribution < -0.4 is 10.1 Å². The minimum atomic E-state index is 0.733. The minimum Gasteiger partial charge on any atom is -0.454 e. The molecule has 0 saturated heterocycles. The third-order valence-electron chi connectivity index (χ3n) is 2.44. The fourth-order valence-corrected chi connectivity index (χ4v) is 1.60. The molecular formula is C13H18N4O. The van der Waals surface area contributed by atoms with Crippen LogP contribution in [-0.2, 0) is 13.6 Å². The Balaban J connectivity index is 1.98. The van der Waals surface area contributed by atoms with Crippen molar-refractivity contribution < 1.29 is 4.74 Å². The number of nitrogens with one attached hydrogen (secondary N) is 1. The average molecular weight is 246 g/mol. The van der Waals surface area contributed by atoms with Crippen LogP contribution in [0.15, 0.2) is 30.7 Å². The van der Waals surface area contributed by atoms with E-state index in [-0.39, 0.29) is 0 Å². The van der Waals surface area contributed by atoms with Crippen LogP contribution >= 0.6 is 0 Å². The predicted octanol–water partition coefficient (Wildman–Crippen LogP) is 2.11. The second kappa shape index (κ2) is 6.16. The summed E-state index contributed by atoms with van der Waals surface area (Å²) in [6, 6.07) is 3.78. The Bertz CT molecular complexity index is 495. The molecular weight excluding hydrogens is 228 g/mol. The third-order valence-corrected chi connectivity index (χ3v) is 2.44. The first-order valence-corrected chi connectivity index (χ1v) is 6.10. The number of hydrogen-bond acceptors (Lipinski definition) is 4. The molecule has 0 aromatic carbocycles. The lowest BCUT2D eigenvalue weighted by atomic mass is 10.3. The highest BCUT2D eigenvalue weighted by atomic mass is 16.5. The molecule has 1 N–H and O–H groups in total. The molecule has 0 spiro atoms. The van der Waals surface area contributed by atoms with Gasteiger partial charge in [0.15, 0.2) is 5.75 Å². The standard InChI is InChI=1S/C13H18N4O/c1-3-5-14-8-11-7-12(4-6-15-11)18-13-9-16-17(2)10-13/h4,6-7,9-10,14H,3,5,8H2,1-2H3. The van der Waals surface area contributed by atoms with Gasteiger partial charge in [-0.2, -0.15) is 5.10 Å². The van der Waals surface area contributed by atoms with Crippen molar-refractivity contribution in [3.63, 3.8) is 0 Å². The molecule has 2 aromatic rings. The maximum absolute atomic E-state index is 5.70. The van der Waals surface area contributed by atoms with Gasteiger partial charge >= 0.3 is 0 Å². The lowest BCUT2D eigenvalue weighted by Gasteiger charge is -2.06. The zero-order valence-corrected chi connectivity index (χ0v) is 10.8. The zero-order valence-electron chi connectivity index (χ0n) is 10.8. The van der Waals surface area contributed by atoms with Crippen molar-refractivity contribution in [1.82, 2.24) is 20.1 Å². The van der Waals surface area contributed by atoms with Crippen molar-refractivity contribution in [2.75, 3.05) is 6.54 Å². The number of nitrogens with zero attached hydrogens (tertiary/aromatic N) is 3. The Hall–Kier alpha value is -1.88. The molecule has 0 aliphatic carbocycles. The van der Waals surface area contributed by atoms with Crippen LogP contribution in [0.25, 0.3) is 0 Å². The van der Waals surface area contributed by atoms with E-state index in [2.05, 4.69) is 22.3 Å². The minimum absolute atomic E-state index is 0.733. The topological polar surface area (TPSA) is 52.0 Å². The molecule has 2 aromatic heterocycles. The highest BCUT2D eigenvalue weighted by molar-refractivity contribution is 5.28. The summed E-state index contributed by atoms with van der Waals surface area (Å²) in [5, 5.41) is 7.37. The summed E-state index contributed by atoms with van der Waals surface area (Å²) in [6.45, 7) is 3.90. The molecule has 2 rings (SSSR count). The smallest absolute Gasteiger partial charge is 0.165 e. The summed E-state index contributed by atoms with van der Waals surface area (Å²) in [5.41, 5.74) is 0.977. The fourth-order valence-electron chi connectivity index (χ4n) is 1.60. The molecule has 5 heteroatoms. The molecule has 18 heavy (non-hydrogen) atoms. The second-order valence-corrected chi connectivity index (χ2v) is 4.11. The van der Waals surface area contributed by atoms with E-state index in [1.54, 1.807) is 17.1 Å². The van der Waals surface area contributed by atoms with Gasteiger partial charge in [-0.25, -0.2) is 0 Å². The lowest BCUT2D eigenvalue weighted by Crippen LogP contribution is -2.14. The Morgan fingerprint density at radius 3 is 3.00 bits per heavy atom. The van der Waals surface area contributed by atoms with Gasteiger partial charge in [-0.1, -0.05) is 6.92 Å². The Labute approximate surface area is 107 Å². The van der Waals surface area contributed by atoms with Crippen molar-refractivity contribution in [3.8, 4) is 11.5 Å². The van der Waals surface area contributed by atoms with Gasteiger partial charge in [-0.05, 0) is 19.0 Å². The highest BCUT2D eigenvalue weighted by Gasteiger charge is 2.01. The Kier molecular flexibility index (Phi) is 4.30. The first-order valence-electron chi connectivity index (χ1n) is 6.10. The van der Waals surface area contributed by atoms with Crippen LogP contribution in [0.3, 0.4) is 0 Å². The SMILES string of the molecule is CCCNCc1cc(Oc2cnn(C)c2)ccn1. The van der Waals surface area contributed by atoms with Gasteiger partial charge in [0.25, 0.3) is 0 Å². The normalized spacial score (nSPS) is 10.6. The monoisotopic (exact) mass is 246 g/mol. The molecule has 0 amide bonds. The molecule has 96 valence electrons. The molecule has 0 aliphatic heterocycles. The largest absolute Gasteiger partial charge is 0.454 e. The second-order valence-electron chi connectivity index (χ2n) is 4.11. The van der Waals surface area contributed by atoms with E-state index in [9.17, 15) is 0 Å². The van der Waals surface area contributed by atoms with Gasteiger partial charge in [-0.3, -0.25) is 9.67 Å². The number of aromatic nitrogens is 3. The summed E-state index contributed by atoms with van der Waals surface area (Å²) in [4.78, 5) is 4.29.